The standard InChI is InChI=1S/C45H55FN8O3.C38H39FN6O4.C7H16N2/c1-4-41-38(42(51-35-17-20-57-21-18-35)39-28-50-54(6-3)43(39)52-41)27-49-45(56)34-13-8-12-33(24-34)44(55)48-26-31-15-16-40(46)37(23-31)32-11-7-10-30(22-32)25-47-36-14-9-19-53(5-2)29-36;1-3-34-31(35(43-29-13-15-49-16-14-29)32-22-42-45(4-2)36(32)44-34)21-41-38(48)28-10-6-9-27(19-28)37(47)40-20-24-11-12-33(39)30(18-24)26-8-5-7-25(17-26)23-46;1-2-9-5-3-4-7(8)6-9/h7-8,10-13,15-16,22-24,28,35-36,47H,4-6,9,14,17-21,25-27,29H2,1-3H3,(H,48,55)(H,49,56)(H,51,52);5-12,17-19,22-23,29H,3-4,13-16,20-21H2,1-2H3,(H,40,47)(H,41,48)(H,43,44);7H,2-6,8H2,1H3. The Kier molecular flexibility index (Phi) is 29.9. The highest BCUT2D eigenvalue weighted by atomic mass is 19.1. The van der Waals surface area contributed by atoms with E-state index in [9.17, 15) is 28.4 Å². The molecule has 0 bridgehead atoms. The number of fused-ring (bicyclic) bond motifs is 2. The lowest BCUT2D eigenvalue weighted by Crippen LogP contribution is -2.45. The summed E-state index contributed by atoms with van der Waals surface area (Å²) in [5.74, 6) is -2.06. The van der Waals surface area contributed by atoms with Crippen LogP contribution in [0, 0.1) is 11.6 Å². The lowest BCUT2D eigenvalue weighted by Gasteiger charge is -2.32. The number of rotatable bonds is 28. The van der Waals surface area contributed by atoms with Gasteiger partial charge in [-0.3, -0.25) is 24.0 Å². The van der Waals surface area contributed by atoms with Crippen molar-refractivity contribution in [2.75, 3.05) is 76.3 Å². The lowest BCUT2D eigenvalue weighted by atomic mass is 9.99. The Hall–Kier alpha value is -10.7. The maximum Gasteiger partial charge on any atom is 0.251 e. The third-order valence-electron chi connectivity index (χ3n) is 22.1. The topological polar surface area (TPSA) is 282 Å². The van der Waals surface area contributed by atoms with Crippen molar-refractivity contribution in [3.05, 3.63) is 225 Å². The Morgan fingerprint density at radius 2 is 0.913 bits per heavy atom. The van der Waals surface area contributed by atoms with Gasteiger partial charge in [-0.1, -0.05) is 88.4 Å². The van der Waals surface area contributed by atoms with Crippen LogP contribution in [0.1, 0.15) is 184 Å². The third-order valence-corrected chi connectivity index (χ3v) is 22.1. The Balaban J connectivity index is 0.000000193. The number of nitrogens with zero attached hydrogens (tertiary/aromatic N) is 8. The van der Waals surface area contributed by atoms with Crippen LogP contribution in [0.2, 0.25) is 0 Å². The van der Waals surface area contributed by atoms with Gasteiger partial charge in [0.1, 0.15) is 17.9 Å². The molecule has 2 atom stereocenters. The van der Waals surface area contributed by atoms with Gasteiger partial charge in [0.05, 0.1) is 34.5 Å². The average Bonchev–Trinajstić information content (AvgIpc) is 1.62. The number of nitrogens with two attached hydrogens (primary N) is 1. The van der Waals surface area contributed by atoms with Gasteiger partial charge in [0.25, 0.3) is 23.6 Å². The highest BCUT2D eigenvalue weighted by Gasteiger charge is 2.27. The maximum atomic E-state index is 15.2. The molecule has 0 aliphatic carbocycles. The summed E-state index contributed by atoms with van der Waals surface area (Å²) in [6, 6.07) is 38.8. The molecular formula is C90H110F2N16O7. The first-order valence-corrected chi connectivity index (χ1v) is 41.0. The second kappa shape index (κ2) is 41.1. The van der Waals surface area contributed by atoms with Crippen LogP contribution in [0.15, 0.2) is 146 Å². The number of nitrogens with one attached hydrogen (secondary N) is 7. The van der Waals surface area contributed by atoms with E-state index in [-0.39, 0.29) is 67.7 Å². The number of piperidine rings is 2. The summed E-state index contributed by atoms with van der Waals surface area (Å²) in [5, 5.41) is 34.1. The zero-order valence-electron chi connectivity index (χ0n) is 67.1. The molecule has 4 fully saturated rings. The zero-order chi connectivity index (χ0) is 80.7. The van der Waals surface area contributed by atoms with Gasteiger partial charge in [0.2, 0.25) is 0 Å². The minimum absolute atomic E-state index is 0.142. The Morgan fingerprint density at radius 3 is 1.36 bits per heavy atom. The second-order valence-corrected chi connectivity index (χ2v) is 29.9. The molecule has 4 amide bonds. The summed E-state index contributed by atoms with van der Waals surface area (Å²) in [4.78, 5) is 79.6. The van der Waals surface area contributed by atoms with Crippen molar-refractivity contribution in [1.82, 2.24) is 65.9 Å². The summed E-state index contributed by atoms with van der Waals surface area (Å²) >= 11 is 0. The molecule has 2 unspecified atom stereocenters. The molecule has 606 valence electrons. The minimum Gasteiger partial charge on any atom is -0.381 e. The lowest BCUT2D eigenvalue weighted by molar-refractivity contribution is 0.0903. The van der Waals surface area contributed by atoms with Crippen molar-refractivity contribution in [2.45, 2.75) is 176 Å². The molecule has 4 saturated heterocycles. The normalized spacial score (nSPS) is 16.2. The van der Waals surface area contributed by atoms with Crippen molar-refractivity contribution in [1.29, 1.82) is 0 Å². The average molecular weight is 1570 g/mol. The fraction of sp³-hybridized carbons (Fsp3) is 0.411. The molecule has 9 N–H and O–H groups in total. The molecule has 4 aromatic heterocycles. The maximum absolute atomic E-state index is 15.2. The Morgan fingerprint density at radius 1 is 0.478 bits per heavy atom. The summed E-state index contributed by atoms with van der Waals surface area (Å²) in [6.45, 7) is 25.1. The third kappa shape index (κ3) is 21.9. The first-order valence-electron chi connectivity index (χ1n) is 41.0. The molecule has 4 aliphatic heterocycles. The number of ether oxygens (including phenoxy) is 2. The molecule has 25 heteroatoms. The number of hydrogen-bond donors (Lipinski definition) is 8. The van der Waals surface area contributed by atoms with E-state index in [1.54, 1.807) is 97.1 Å². The number of aromatic nitrogens is 6. The SMILES string of the molecule is CCN1CCCC(N)C1.CCc1nc2c(cnn2CC)c(NC2CCOCC2)c1CNC(=O)c1cccc(C(=O)NCc2ccc(F)c(-c3cccc(C=O)c3)c2)c1.CCc1nc2c(cnn2CC)c(NC2CCOCC2)c1CNC(=O)c1cccc(C(=O)NCc2ccc(F)c(-c3cccc(CNC4CCCN(CC)C4)c3)c2)c1. The molecule has 4 aliphatic rings. The van der Waals surface area contributed by atoms with E-state index in [0.29, 0.717) is 121 Å². The summed E-state index contributed by atoms with van der Waals surface area (Å²) in [7, 11) is 0. The van der Waals surface area contributed by atoms with E-state index in [1.807, 2.05) is 60.7 Å². The number of pyridine rings is 2. The van der Waals surface area contributed by atoms with Crippen LogP contribution in [-0.2, 0) is 68.1 Å². The van der Waals surface area contributed by atoms with Gasteiger partial charge in [0, 0.05) is 171 Å². The molecule has 0 saturated carbocycles. The van der Waals surface area contributed by atoms with Gasteiger partial charge in [0.15, 0.2) is 11.3 Å². The largest absolute Gasteiger partial charge is 0.381 e. The molecule has 0 spiro atoms. The van der Waals surface area contributed by atoms with Crippen LogP contribution in [-0.4, -0.2) is 159 Å². The van der Waals surface area contributed by atoms with E-state index in [1.165, 1.54) is 37.9 Å². The van der Waals surface area contributed by atoms with Gasteiger partial charge < -0.3 is 62.2 Å². The minimum atomic E-state index is -0.430. The fourth-order valence-corrected chi connectivity index (χ4v) is 15.5. The number of likely N-dealkylation sites (tertiary alicyclic amines) is 2. The molecule has 14 rings (SSSR count). The summed E-state index contributed by atoms with van der Waals surface area (Å²) < 4.78 is 44.8. The van der Waals surface area contributed by atoms with Crippen LogP contribution in [0.5, 0.6) is 0 Å². The van der Waals surface area contributed by atoms with E-state index in [0.717, 1.165) is 144 Å². The van der Waals surface area contributed by atoms with Crippen LogP contribution < -0.4 is 43.0 Å². The van der Waals surface area contributed by atoms with Crippen molar-refractivity contribution in [3.8, 4) is 22.3 Å². The molecule has 0 radical (unpaired) electrons. The quantitative estimate of drug-likeness (QED) is 0.0212. The second-order valence-electron chi connectivity index (χ2n) is 29.9. The van der Waals surface area contributed by atoms with Crippen molar-refractivity contribution >= 4 is 63.4 Å². The van der Waals surface area contributed by atoms with E-state index in [2.05, 4.69) is 84.1 Å². The molecule has 23 nitrogen and oxygen atoms in total. The predicted octanol–water partition coefficient (Wildman–Crippen LogP) is 13.4. The number of anilines is 2. The number of carbonyl (C=O) groups is 5. The predicted molar refractivity (Wildman–Crippen MR) is 448 cm³/mol. The van der Waals surface area contributed by atoms with E-state index < -0.39 is 5.82 Å². The first kappa shape index (κ1) is 83.7. The summed E-state index contributed by atoms with van der Waals surface area (Å²) in [5.41, 5.74) is 19.5. The van der Waals surface area contributed by atoms with Gasteiger partial charge in [-0.15, -0.1) is 0 Å². The van der Waals surface area contributed by atoms with Crippen LogP contribution in [0.25, 0.3) is 44.3 Å². The number of likely N-dealkylation sites (N-methyl/N-ethyl adjacent to an activating group) is 2. The number of halogens is 2. The Bertz CT molecular complexity index is 5000. The summed E-state index contributed by atoms with van der Waals surface area (Å²) in [6.07, 6.45) is 14.2. The highest BCUT2D eigenvalue weighted by molar-refractivity contribution is 6.01. The molecule has 6 aromatic carbocycles. The molecule has 10 aromatic rings. The monoisotopic (exact) mass is 1560 g/mol. The number of carbonyl (C=O) groups excluding carboxylic acids is 5. The smallest absolute Gasteiger partial charge is 0.251 e. The first-order chi connectivity index (χ1) is 56.0. The van der Waals surface area contributed by atoms with E-state index >= 15 is 4.39 Å². The zero-order valence-corrected chi connectivity index (χ0v) is 67.1. The van der Waals surface area contributed by atoms with Crippen molar-refractivity contribution in [2.24, 2.45) is 5.73 Å². The Labute approximate surface area is 672 Å². The molecule has 115 heavy (non-hydrogen) atoms. The van der Waals surface area contributed by atoms with Gasteiger partial charge in [-0.05, 0) is 205 Å². The van der Waals surface area contributed by atoms with Gasteiger partial charge in [-0.25, -0.2) is 28.1 Å². The van der Waals surface area contributed by atoms with Gasteiger partial charge in [-0.2, -0.15) is 10.2 Å². The van der Waals surface area contributed by atoms with Crippen molar-refractivity contribution in [3.63, 3.8) is 0 Å². The van der Waals surface area contributed by atoms with E-state index in [4.69, 9.17) is 25.2 Å². The van der Waals surface area contributed by atoms with Crippen molar-refractivity contribution < 1.29 is 42.2 Å². The van der Waals surface area contributed by atoms with Crippen LogP contribution >= 0.6 is 0 Å². The van der Waals surface area contributed by atoms with Gasteiger partial charge >= 0.3 is 0 Å². The van der Waals surface area contributed by atoms with Crippen LogP contribution in [0.4, 0.5) is 20.2 Å². The molecule has 8 heterocycles. The number of benzene rings is 6. The number of hydrogen-bond acceptors (Lipinski definition) is 17. The number of amides is 4. The fourth-order valence-electron chi connectivity index (χ4n) is 15.5. The van der Waals surface area contributed by atoms with Crippen LogP contribution in [0.3, 0.4) is 0 Å². The number of aldehydes is 1. The molecular weight excluding hydrogens is 1460 g/mol. The number of aryl methyl sites for hydroxylation is 4. The highest BCUT2D eigenvalue weighted by Crippen LogP contribution is 2.35.